The Labute approximate surface area is 139 Å². The first-order chi connectivity index (χ1) is 11.5. The first kappa shape index (κ1) is 17.9. The van der Waals surface area contributed by atoms with E-state index in [2.05, 4.69) is 4.74 Å². The summed E-state index contributed by atoms with van der Waals surface area (Å²) in [5.41, 5.74) is 5.62. The second-order valence-corrected chi connectivity index (χ2v) is 5.60. The monoisotopic (exact) mass is 338 g/mol. The highest BCUT2D eigenvalue weighted by Crippen LogP contribution is 2.23. The molecule has 1 fully saturated rings. The van der Waals surface area contributed by atoms with E-state index in [1.54, 1.807) is 23.1 Å². The Morgan fingerprint density at radius 1 is 1.33 bits per heavy atom. The van der Waals surface area contributed by atoms with Gasteiger partial charge in [-0.05, 0) is 31.4 Å². The average molecular weight is 338 g/mol. The molecule has 5 nitrogen and oxygen atoms in total. The van der Waals surface area contributed by atoms with Crippen LogP contribution < -0.4 is 10.5 Å². The Morgan fingerprint density at radius 2 is 2.08 bits per heavy atom. The fourth-order valence-corrected chi connectivity index (χ4v) is 2.81. The molecule has 1 aliphatic rings. The lowest BCUT2D eigenvalue weighted by Gasteiger charge is -2.34. The van der Waals surface area contributed by atoms with Crippen LogP contribution in [-0.2, 0) is 9.59 Å². The molecule has 2 amide bonds. The zero-order chi connectivity index (χ0) is 17.5. The number of likely N-dealkylation sites (tertiary alicyclic amines) is 1. The van der Waals surface area contributed by atoms with Crippen LogP contribution in [0.5, 0.6) is 5.75 Å². The number of carbonyl (C=O) groups excluding carboxylic acids is 2. The van der Waals surface area contributed by atoms with E-state index in [9.17, 15) is 18.4 Å². The molecule has 7 heteroatoms. The molecule has 1 aromatic rings. The molecule has 0 spiro atoms. The molecule has 0 aliphatic carbocycles. The van der Waals surface area contributed by atoms with Crippen LogP contribution in [0.3, 0.4) is 0 Å². The summed E-state index contributed by atoms with van der Waals surface area (Å²) in [7, 11) is 0. The lowest BCUT2D eigenvalue weighted by Crippen LogP contribution is -2.44. The van der Waals surface area contributed by atoms with Crippen LogP contribution in [0.1, 0.15) is 31.2 Å². The van der Waals surface area contributed by atoms with Gasteiger partial charge in [-0.2, -0.15) is 8.78 Å². The van der Waals surface area contributed by atoms with Crippen molar-refractivity contribution in [3.8, 4) is 5.75 Å². The van der Waals surface area contributed by atoms with E-state index < -0.39 is 12.5 Å². The fraction of sp³-hybridized carbons (Fsp3) is 0.412. The van der Waals surface area contributed by atoms with E-state index in [4.69, 9.17) is 5.73 Å². The molecule has 2 rings (SSSR count). The zero-order valence-electron chi connectivity index (χ0n) is 13.2. The first-order valence-corrected chi connectivity index (χ1v) is 7.78. The summed E-state index contributed by atoms with van der Waals surface area (Å²) in [5.74, 6) is -0.712. The van der Waals surface area contributed by atoms with Gasteiger partial charge in [-0.1, -0.05) is 18.2 Å². The molecule has 2 N–H and O–H groups in total. The highest BCUT2D eigenvalue weighted by Gasteiger charge is 2.26. The number of nitrogens with zero attached hydrogens (tertiary/aromatic N) is 1. The van der Waals surface area contributed by atoms with Crippen molar-refractivity contribution >= 4 is 17.9 Å². The molecular weight excluding hydrogens is 318 g/mol. The van der Waals surface area contributed by atoms with Crippen molar-refractivity contribution in [2.45, 2.75) is 38.3 Å². The Balaban J connectivity index is 2.10. The van der Waals surface area contributed by atoms with Gasteiger partial charge < -0.3 is 15.4 Å². The van der Waals surface area contributed by atoms with Gasteiger partial charge in [0.05, 0.1) is 0 Å². The average Bonchev–Trinajstić information content (AvgIpc) is 2.53. The summed E-state index contributed by atoms with van der Waals surface area (Å²) in [5, 5.41) is 0. The van der Waals surface area contributed by atoms with Crippen molar-refractivity contribution in [3.63, 3.8) is 0 Å². The van der Waals surface area contributed by atoms with Crippen LogP contribution in [0.2, 0.25) is 0 Å². The number of ether oxygens (including phenoxy) is 1. The summed E-state index contributed by atoms with van der Waals surface area (Å²) < 4.78 is 29.2. The molecule has 1 saturated heterocycles. The SMILES string of the molecule is NC(=O)C[C@@H]1CCCCN1C(=O)/C=C\c1ccccc1OC(F)F. The van der Waals surface area contributed by atoms with Crippen molar-refractivity contribution in [2.24, 2.45) is 5.73 Å². The van der Waals surface area contributed by atoms with Gasteiger partial charge >= 0.3 is 6.61 Å². The quantitative estimate of drug-likeness (QED) is 0.810. The van der Waals surface area contributed by atoms with Gasteiger partial charge in [-0.15, -0.1) is 0 Å². The Hall–Kier alpha value is -2.44. The van der Waals surface area contributed by atoms with Gasteiger partial charge in [-0.3, -0.25) is 9.59 Å². The number of hydrogen-bond donors (Lipinski definition) is 1. The largest absolute Gasteiger partial charge is 0.434 e. The summed E-state index contributed by atoms with van der Waals surface area (Å²) in [4.78, 5) is 25.1. The zero-order valence-corrected chi connectivity index (χ0v) is 13.2. The Kier molecular flexibility index (Phi) is 6.28. The minimum absolute atomic E-state index is 0.00359. The van der Waals surface area contributed by atoms with Crippen molar-refractivity contribution in [1.29, 1.82) is 0 Å². The molecular formula is C17H20F2N2O3. The van der Waals surface area contributed by atoms with Crippen molar-refractivity contribution < 1.29 is 23.1 Å². The minimum atomic E-state index is -2.93. The number of nitrogens with two attached hydrogens (primary N) is 1. The maximum Gasteiger partial charge on any atom is 0.387 e. The standard InChI is InChI=1S/C17H20F2N2O3/c18-17(19)24-14-7-2-1-5-12(14)8-9-16(23)21-10-4-3-6-13(21)11-15(20)22/h1-2,5,7-9,13,17H,3-4,6,10-11H2,(H2,20,22)/b9-8-/t13-/m0/s1. The predicted molar refractivity (Wildman–Crippen MR) is 85.3 cm³/mol. The molecule has 0 bridgehead atoms. The molecule has 0 aromatic heterocycles. The minimum Gasteiger partial charge on any atom is -0.434 e. The van der Waals surface area contributed by atoms with Crippen LogP contribution >= 0.6 is 0 Å². The number of rotatable bonds is 6. The molecule has 1 aliphatic heterocycles. The van der Waals surface area contributed by atoms with Gasteiger partial charge in [-0.25, -0.2) is 0 Å². The maximum absolute atomic E-state index is 12.4. The van der Waals surface area contributed by atoms with Crippen LogP contribution in [0, 0.1) is 0 Å². The second kappa shape index (κ2) is 8.42. The summed E-state index contributed by atoms with van der Waals surface area (Å²) in [6, 6.07) is 6.02. The molecule has 0 saturated carbocycles. The first-order valence-electron chi connectivity index (χ1n) is 7.78. The van der Waals surface area contributed by atoms with Gasteiger partial charge in [0.1, 0.15) is 5.75 Å². The molecule has 24 heavy (non-hydrogen) atoms. The maximum atomic E-state index is 12.4. The van der Waals surface area contributed by atoms with Crippen molar-refractivity contribution in [1.82, 2.24) is 4.90 Å². The summed E-state index contributed by atoms with van der Waals surface area (Å²) >= 11 is 0. The third-order valence-corrected chi connectivity index (χ3v) is 3.89. The van der Waals surface area contributed by atoms with E-state index in [-0.39, 0.29) is 24.1 Å². The van der Waals surface area contributed by atoms with E-state index >= 15 is 0 Å². The number of primary amides is 1. The van der Waals surface area contributed by atoms with E-state index in [1.807, 2.05) is 0 Å². The third-order valence-electron chi connectivity index (χ3n) is 3.89. The topological polar surface area (TPSA) is 72.6 Å². The molecule has 1 heterocycles. The fourth-order valence-electron chi connectivity index (χ4n) is 2.81. The van der Waals surface area contributed by atoms with Crippen LogP contribution in [0.25, 0.3) is 6.08 Å². The van der Waals surface area contributed by atoms with Gasteiger partial charge in [0.15, 0.2) is 0 Å². The van der Waals surface area contributed by atoms with E-state index in [0.717, 1.165) is 19.3 Å². The number of piperidine rings is 1. The second-order valence-electron chi connectivity index (χ2n) is 5.60. The Bertz CT molecular complexity index is 620. The molecule has 0 radical (unpaired) electrons. The van der Waals surface area contributed by atoms with Crippen LogP contribution in [-0.4, -0.2) is 35.9 Å². The number of amides is 2. The number of alkyl halides is 2. The third kappa shape index (κ3) is 5.04. The number of halogens is 2. The molecule has 0 unspecified atom stereocenters. The molecule has 130 valence electrons. The Morgan fingerprint density at radius 3 is 2.79 bits per heavy atom. The predicted octanol–water partition coefficient (Wildman–Crippen LogP) is 2.56. The number of hydrogen-bond acceptors (Lipinski definition) is 3. The van der Waals surface area contributed by atoms with E-state index in [1.165, 1.54) is 18.2 Å². The van der Waals surface area contributed by atoms with Crippen molar-refractivity contribution in [3.05, 3.63) is 35.9 Å². The smallest absolute Gasteiger partial charge is 0.387 e. The van der Waals surface area contributed by atoms with Gasteiger partial charge in [0.25, 0.3) is 0 Å². The number of para-hydroxylation sites is 1. The van der Waals surface area contributed by atoms with Gasteiger partial charge in [0.2, 0.25) is 11.8 Å². The van der Waals surface area contributed by atoms with E-state index in [0.29, 0.717) is 12.1 Å². The van der Waals surface area contributed by atoms with Crippen molar-refractivity contribution in [2.75, 3.05) is 6.54 Å². The highest BCUT2D eigenvalue weighted by molar-refractivity contribution is 5.92. The number of carbonyl (C=O) groups is 2. The molecule has 1 aromatic carbocycles. The molecule has 1 atom stereocenters. The van der Waals surface area contributed by atoms with Crippen LogP contribution in [0.4, 0.5) is 8.78 Å². The lowest BCUT2D eigenvalue weighted by atomic mass is 9.99. The lowest BCUT2D eigenvalue weighted by molar-refractivity contribution is -0.130. The highest BCUT2D eigenvalue weighted by atomic mass is 19.3. The summed E-state index contributed by atoms with van der Waals surface area (Å²) in [6.45, 7) is -2.38. The normalized spacial score (nSPS) is 18.1. The van der Waals surface area contributed by atoms with Crippen LogP contribution in [0.15, 0.2) is 30.3 Å². The summed E-state index contributed by atoms with van der Waals surface area (Å²) in [6.07, 6.45) is 5.41. The number of benzene rings is 1. The van der Waals surface area contributed by atoms with Gasteiger partial charge in [0, 0.05) is 30.6 Å².